The number of urea groups is 1. The predicted octanol–water partition coefficient (Wildman–Crippen LogP) is 2.26. The third-order valence-corrected chi connectivity index (χ3v) is 2.92. The molecule has 0 aliphatic carbocycles. The predicted molar refractivity (Wildman–Crippen MR) is 74.6 cm³/mol. The highest BCUT2D eigenvalue weighted by atomic mass is 79.9. The second-order valence-corrected chi connectivity index (χ2v) is 4.76. The molecule has 6 nitrogen and oxygen atoms in total. The first kappa shape index (κ1) is 15.5. The molecule has 19 heavy (non-hydrogen) atoms. The summed E-state index contributed by atoms with van der Waals surface area (Å²) in [7, 11) is 3.15. The van der Waals surface area contributed by atoms with Gasteiger partial charge in [0.2, 0.25) is 0 Å². The minimum absolute atomic E-state index is 0.0386. The van der Waals surface area contributed by atoms with Gasteiger partial charge in [-0.25, -0.2) is 9.59 Å². The fourth-order valence-electron chi connectivity index (χ4n) is 1.35. The van der Waals surface area contributed by atoms with E-state index in [0.717, 1.165) is 0 Å². The van der Waals surface area contributed by atoms with Crippen molar-refractivity contribution in [2.24, 2.45) is 0 Å². The van der Waals surface area contributed by atoms with Gasteiger partial charge in [0, 0.05) is 25.2 Å². The summed E-state index contributed by atoms with van der Waals surface area (Å²) in [5.74, 6) is -1.10. The molecule has 0 atom stereocenters. The van der Waals surface area contributed by atoms with Gasteiger partial charge in [0.1, 0.15) is 0 Å². The third-order valence-electron chi connectivity index (χ3n) is 2.43. The van der Waals surface area contributed by atoms with E-state index in [1.54, 1.807) is 26.3 Å². The molecule has 2 amide bonds. The monoisotopic (exact) mass is 330 g/mol. The fourth-order valence-corrected chi connectivity index (χ4v) is 1.71. The summed E-state index contributed by atoms with van der Waals surface area (Å²) in [5, 5.41) is 11.6. The van der Waals surface area contributed by atoms with Crippen molar-refractivity contribution in [3.05, 3.63) is 28.2 Å². The van der Waals surface area contributed by atoms with Crippen molar-refractivity contribution in [3.63, 3.8) is 0 Å². The van der Waals surface area contributed by atoms with E-state index in [2.05, 4.69) is 21.2 Å². The zero-order valence-corrected chi connectivity index (χ0v) is 12.2. The largest absolute Gasteiger partial charge is 0.478 e. The average molecular weight is 331 g/mol. The van der Waals surface area contributed by atoms with Crippen LogP contribution in [0.1, 0.15) is 10.4 Å². The number of methoxy groups -OCH3 is 1. The number of ether oxygens (including phenoxy) is 1. The number of nitrogens with zero attached hydrogens (tertiary/aromatic N) is 1. The Hall–Kier alpha value is -1.60. The van der Waals surface area contributed by atoms with Crippen LogP contribution in [0.15, 0.2) is 22.7 Å². The van der Waals surface area contributed by atoms with Crippen molar-refractivity contribution in [1.82, 2.24) is 4.90 Å². The number of carbonyl (C=O) groups is 2. The van der Waals surface area contributed by atoms with Crippen molar-refractivity contribution in [2.75, 3.05) is 32.6 Å². The molecular weight excluding hydrogens is 316 g/mol. The summed E-state index contributed by atoms with van der Waals surface area (Å²) in [6, 6.07) is 4.19. The Morgan fingerprint density at radius 3 is 2.74 bits per heavy atom. The van der Waals surface area contributed by atoms with E-state index < -0.39 is 12.0 Å². The lowest BCUT2D eigenvalue weighted by Crippen LogP contribution is -2.34. The Bertz CT molecular complexity index is 479. The molecule has 0 spiro atoms. The fraction of sp³-hybridized carbons (Fsp3) is 0.333. The number of amides is 2. The Labute approximate surface area is 119 Å². The Morgan fingerprint density at radius 1 is 1.47 bits per heavy atom. The number of aromatic carboxylic acids is 1. The normalized spacial score (nSPS) is 10.1. The van der Waals surface area contributed by atoms with E-state index in [1.807, 2.05) is 0 Å². The van der Waals surface area contributed by atoms with E-state index in [9.17, 15) is 9.59 Å². The Morgan fingerprint density at radius 2 is 2.16 bits per heavy atom. The number of rotatable bonds is 5. The molecule has 1 aromatic rings. The van der Waals surface area contributed by atoms with E-state index in [0.29, 0.717) is 17.6 Å². The molecule has 1 aromatic carbocycles. The maximum atomic E-state index is 11.9. The molecule has 0 aromatic heterocycles. The summed E-state index contributed by atoms with van der Waals surface area (Å²) in [5.41, 5.74) is 0.285. The minimum Gasteiger partial charge on any atom is -0.478 e. The molecule has 0 saturated carbocycles. The molecule has 0 unspecified atom stereocenters. The molecule has 0 fully saturated rings. The maximum Gasteiger partial charge on any atom is 0.337 e. The van der Waals surface area contributed by atoms with Gasteiger partial charge < -0.3 is 20.1 Å². The summed E-state index contributed by atoms with van der Waals surface area (Å²) < 4.78 is 5.56. The summed E-state index contributed by atoms with van der Waals surface area (Å²) in [6.45, 7) is 0.826. The van der Waals surface area contributed by atoms with Crippen LogP contribution in [0.25, 0.3) is 0 Å². The van der Waals surface area contributed by atoms with E-state index >= 15 is 0 Å². The van der Waals surface area contributed by atoms with Crippen LogP contribution in [0, 0.1) is 0 Å². The van der Waals surface area contributed by atoms with E-state index in [-0.39, 0.29) is 11.3 Å². The van der Waals surface area contributed by atoms with Crippen LogP contribution >= 0.6 is 15.9 Å². The van der Waals surface area contributed by atoms with Crippen LogP contribution in [0.3, 0.4) is 0 Å². The molecule has 0 bridgehead atoms. The van der Waals surface area contributed by atoms with Crippen LogP contribution in [0.4, 0.5) is 10.5 Å². The zero-order valence-electron chi connectivity index (χ0n) is 10.6. The molecule has 1 rings (SSSR count). The van der Waals surface area contributed by atoms with Crippen LogP contribution in [0.2, 0.25) is 0 Å². The number of benzene rings is 1. The number of nitrogens with one attached hydrogen (secondary N) is 1. The van der Waals surface area contributed by atoms with Crippen molar-refractivity contribution in [1.29, 1.82) is 0 Å². The molecule has 0 aliphatic heterocycles. The highest BCUT2D eigenvalue weighted by molar-refractivity contribution is 9.10. The molecule has 0 heterocycles. The average Bonchev–Trinajstić information content (AvgIpc) is 2.35. The van der Waals surface area contributed by atoms with Crippen LogP contribution in [-0.2, 0) is 4.74 Å². The van der Waals surface area contributed by atoms with Gasteiger partial charge in [-0.3, -0.25) is 0 Å². The molecule has 0 saturated heterocycles. The van der Waals surface area contributed by atoms with Gasteiger partial charge >= 0.3 is 12.0 Å². The highest BCUT2D eigenvalue weighted by Crippen LogP contribution is 2.21. The van der Waals surface area contributed by atoms with E-state index in [4.69, 9.17) is 9.84 Å². The van der Waals surface area contributed by atoms with Gasteiger partial charge in [-0.1, -0.05) is 15.9 Å². The van der Waals surface area contributed by atoms with Crippen molar-refractivity contribution in [3.8, 4) is 0 Å². The molecular formula is C12H15BrN2O4. The Balaban J connectivity index is 2.83. The summed E-state index contributed by atoms with van der Waals surface area (Å²) in [4.78, 5) is 24.3. The van der Waals surface area contributed by atoms with Gasteiger partial charge in [-0.05, 0) is 18.2 Å². The first-order chi connectivity index (χ1) is 8.95. The maximum absolute atomic E-state index is 11.9. The third kappa shape index (κ3) is 4.53. The van der Waals surface area contributed by atoms with Gasteiger partial charge in [0.05, 0.1) is 17.9 Å². The smallest absolute Gasteiger partial charge is 0.337 e. The molecule has 0 aliphatic rings. The lowest BCUT2D eigenvalue weighted by molar-refractivity contribution is 0.0698. The minimum atomic E-state index is -1.10. The number of anilines is 1. The topological polar surface area (TPSA) is 78.9 Å². The second kappa shape index (κ2) is 7.10. The van der Waals surface area contributed by atoms with Crippen molar-refractivity contribution < 1.29 is 19.4 Å². The first-order valence-electron chi connectivity index (χ1n) is 5.49. The van der Waals surface area contributed by atoms with E-state index in [1.165, 1.54) is 11.0 Å². The highest BCUT2D eigenvalue weighted by Gasteiger charge is 2.15. The van der Waals surface area contributed by atoms with Gasteiger partial charge in [-0.15, -0.1) is 0 Å². The number of likely N-dealkylation sites (N-methyl/N-ethyl adjacent to an activating group) is 1. The molecule has 0 radical (unpaired) electrons. The zero-order chi connectivity index (χ0) is 14.4. The molecule has 2 N–H and O–H groups in total. The molecule has 104 valence electrons. The van der Waals surface area contributed by atoms with Crippen molar-refractivity contribution in [2.45, 2.75) is 0 Å². The SMILES string of the molecule is COCCN(C)C(=O)Nc1cc(Br)ccc1C(=O)O. The number of hydrogen-bond acceptors (Lipinski definition) is 3. The number of carboxylic acid groups (broad SMARTS) is 1. The lowest BCUT2D eigenvalue weighted by Gasteiger charge is -2.18. The number of carbonyl (C=O) groups excluding carboxylic acids is 1. The standard InChI is InChI=1S/C12H15BrN2O4/c1-15(5-6-19-2)12(18)14-10-7-8(13)3-4-9(10)11(16)17/h3-4,7H,5-6H2,1-2H3,(H,14,18)(H,16,17). The second-order valence-electron chi connectivity index (χ2n) is 3.84. The quantitative estimate of drug-likeness (QED) is 0.867. The number of carboxylic acids is 1. The van der Waals surface area contributed by atoms with Gasteiger partial charge in [-0.2, -0.15) is 0 Å². The summed E-state index contributed by atoms with van der Waals surface area (Å²) in [6.07, 6.45) is 0. The molecule has 7 heteroatoms. The van der Waals surface area contributed by atoms with Crippen molar-refractivity contribution >= 4 is 33.6 Å². The Kier molecular flexibility index (Phi) is 5.78. The first-order valence-corrected chi connectivity index (χ1v) is 6.29. The van der Waals surface area contributed by atoms with Crippen LogP contribution in [-0.4, -0.2) is 49.3 Å². The summed E-state index contributed by atoms with van der Waals surface area (Å²) >= 11 is 3.24. The van der Waals surface area contributed by atoms with Crippen LogP contribution in [0.5, 0.6) is 0 Å². The van der Waals surface area contributed by atoms with Gasteiger partial charge in [0.25, 0.3) is 0 Å². The lowest BCUT2D eigenvalue weighted by atomic mass is 10.2. The number of halogens is 1. The van der Waals surface area contributed by atoms with Crippen LogP contribution < -0.4 is 5.32 Å². The van der Waals surface area contributed by atoms with Gasteiger partial charge in [0.15, 0.2) is 0 Å². The number of hydrogen-bond donors (Lipinski definition) is 2.